The van der Waals surface area contributed by atoms with E-state index in [0.717, 1.165) is 37.7 Å². The maximum Gasteiger partial charge on any atom is 0.305 e. The second-order valence-corrected chi connectivity index (χ2v) is 6.37. The molecule has 5 heteroatoms. The molecule has 1 aromatic rings. The molecule has 21 heavy (non-hydrogen) atoms. The van der Waals surface area contributed by atoms with Crippen molar-refractivity contribution in [3.05, 3.63) is 34.6 Å². The van der Waals surface area contributed by atoms with Crippen molar-refractivity contribution in [1.29, 1.82) is 0 Å². The topological polar surface area (TPSA) is 40.5 Å². The van der Waals surface area contributed by atoms with Crippen LogP contribution in [0.25, 0.3) is 0 Å². The van der Waals surface area contributed by atoms with E-state index in [-0.39, 0.29) is 17.0 Å². The summed E-state index contributed by atoms with van der Waals surface area (Å²) in [6.07, 6.45) is 5.22. The highest BCUT2D eigenvalue weighted by Crippen LogP contribution is 2.36. The van der Waals surface area contributed by atoms with E-state index in [1.807, 2.05) is 7.05 Å². The molecule has 0 spiro atoms. The number of benzene rings is 1. The Hall–Kier alpha value is -1.13. The minimum Gasteiger partial charge on any atom is -0.481 e. The highest BCUT2D eigenvalue weighted by Gasteiger charge is 2.38. The number of carboxylic acids is 1. The van der Waals surface area contributed by atoms with Gasteiger partial charge in [-0.05, 0) is 37.6 Å². The summed E-state index contributed by atoms with van der Waals surface area (Å²) in [5, 5.41) is 9.34. The number of aliphatic carboxylic acids is 1. The Morgan fingerprint density at radius 1 is 1.38 bits per heavy atom. The van der Waals surface area contributed by atoms with Gasteiger partial charge >= 0.3 is 5.97 Å². The SMILES string of the molecule is CN(Cc1ccc(F)c(Cl)c1)C1(CC(=O)O)CCCCC1. The number of rotatable bonds is 5. The second kappa shape index (κ2) is 6.75. The third kappa shape index (κ3) is 3.95. The van der Waals surface area contributed by atoms with Crippen LogP contribution in [-0.2, 0) is 11.3 Å². The number of carbonyl (C=O) groups is 1. The fraction of sp³-hybridized carbons (Fsp3) is 0.562. The van der Waals surface area contributed by atoms with Gasteiger partial charge in [0.2, 0.25) is 0 Å². The molecular formula is C16H21ClFNO2. The van der Waals surface area contributed by atoms with Gasteiger partial charge in [-0.25, -0.2) is 4.39 Å². The Bertz CT molecular complexity index is 515. The van der Waals surface area contributed by atoms with E-state index in [4.69, 9.17) is 11.6 Å². The summed E-state index contributed by atoms with van der Waals surface area (Å²) in [5.41, 5.74) is 0.601. The van der Waals surface area contributed by atoms with Gasteiger partial charge in [0.1, 0.15) is 5.82 Å². The smallest absolute Gasteiger partial charge is 0.305 e. The van der Waals surface area contributed by atoms with Gasteiger partial charge in [-0.15, -0.1) is 0 Å². The van der Waals surface area contributed by atoms with Crippen molar-refractivity contribution in [3.8, 4) is 0 Å². The maximum absolute atomic E-state index is 13.2. The molecule has 3 nitrogen and oxygen atoms in total. The van der Waals surface area contributed by atoms with E-state index in [2.05, 4.69) is 4.90 Å². The summed E-state index contributed by atoms with van der Waals surface area (Å²) in [5.74, 6) is -1.19. The third-order valence-electron chi connectivity index (χ3n) is 4.48. The number of hydrogen-bond donors (Lipinski definition) is 1. The van der Waals surface area contributed by atoms with E-state index in [0.29, 0.717) is 6.54 Å². The molecule has 0 heterocycles. The monoisotopic (exact) mass is 313 g/mol. The van der Waals surface area contributed by atoms with Crippen LogP contribution in [0.1, 0.15) is 44.1 Å². The molecule has 1 aromatic carbocycles. The average Bonchev–Trinajstić information content (AvgIpc) is 2.43. The lowest BCUT2D eigenvalue weighted by Crippen LogP contribution is -2.49. The van der Waals surface area contributed by atoms with E-state index >= 15 is 0 Å². The van der Waals surface area contributed by atoms with Crippen LogP contribution in [-0.4, -0.2) is 28.6 Å². The molecule has 0 aromatic heterocycles. The predicted octanol–water partition coefficient (Wildman–Crippen LogP) is 4.09. The molecule has 1 saturated carbocycles. The first-order valence-electron chi connectivity index (χ1n) is 7.30. The highest BCUT2D eigenvalue weighted by atomic mass is 35.5. The predicted molar refractivity (Wildman–Crippen MR) is 80.9 cm³/mol. The Balaban J connectivity index is 2.15. The molecule has 1 fully saturated rings. The first-order valence-corrected chi connectivity index (χ1v) is 7.68. The van der Waals surface area contributed by atoms with Gasteiger partial charge in [0.25, 0.3) is 0 Å². The lowest BCUT2D eigenvalue weighted by molar-refractivity contribution is -0.141. The number of halogens is 2. The van der Waals surface area contributed by atoms with Gasteiger partial charge in [-0.3, -0.25) is 9.69 Å². The Morgan fingerprint density at radius 2 is 2.05 bits per heavy atom. The van der Waals surface area contributed by atoms with Crippen LogP contribution < -0.4 is 0 Å². The molecule has 1 N–H and O–H groups in total. The molecule has 0 bridgehead atoms. The fourth-order valence-electron chi connectivity index (χ4n) is 3.26. The number of carboxylic acid groups (broad SMARTS) is 1. The highest BCUT2D eigenvalue weighted by molar-refractivity contribution is 6.30. The standard InChI is InChI=1S/C16H21ClFNO2/c1-19(11-12-5-6-14(18)13(17)9-12)16(10-15(20)21)7-3-2-4-8-16/h5-6,9H,2-4,7-8,10-11H2,1H3,(H,20,21). The molecule has 0 atom stereocenters. The van der Waals surface area contributed by atoms with Crippen molar-refractivity contribution in [2.75, 3.05) is 7.05 Å². The van der Waals surface area contributed by atoms with E-state index in [1.54, 1.807) is 12.1 Å². The minimum absolute atomic E-state index is 0.108. The molecule has 0 radical (unpaired) electrons. The molecule has 0 amide bonds. The van der Waals surface area contributed by atoms with E-state index in [1.165, 1.54) is 6.07 Å². The second-order valence-electron chi connectivity index (χ2n) is 5.96. The van der Waals surface area contributed by atoms with Crippen molar-refractivity contribution < 1.29 is 14.3 Å². The van der Waals surface area contributed by atoms with Gasteiger partial charge < -0.3 is 5.11 Å². The Morgan fingerprint density at radius 3 is 2.62 bits per heavy atom. The zero-order chi connectivity index (χ0) is 15.5. The first kappa shape index (κ1) is 16.2. The zero-order valence-corrected chi connectivity index (χ0v) is 13.0. The number of nitrogens with zero attached hydrogens (tertiary/aromatic N) is 1. The van der Waals surface area contributed by atoms with Crippen LogP contribution in [0.3, 0.4) is 0 Å². The van der Waals surface area contributed by atoms with Gasteiger partial charge in [0, 0.05) is 12.1 Å². The van der Waals surface area contributed by atoms with Crippen LogP contribution in [0, 0.1) is 5.82 Å². The third-order valence-corrected chi connectivity index (χ3v) is 4.77. The van der Waals surface area contributed by atoms with Gasteiger partial charge in [-0.1, -0.05) is 36.9 Å². The minimum atomic E-state index is -0.763. The normalized spacial score (nSPS) is 17.9. The largest absolute Gasteiger partial charge is 0.481 e. The van der Waals surface area contributed by atoms with E-state index in [9.17, 15) is 14.3 Å². The van der Waals surface area contributed by atoms with Crippen LogP contribution in [0.15, 0.2) is 18.2 Å². The molecule has 0 saturated heterocycles. The quantitative estimate of drug-likeness (QED) is 0.890. The molecule has 1 aliphatic rings. The first-order chi connectivity index (χ1) is 9.93. The van der Waals surface area contributed by atoms with Crippen LogP contribution in [0.2, 0.25) is 5.02 Å². The summed E-state index contributed by atoms with van der Waals surface area (Å²) in [4.78, 5) is 13.3. The maximum atomic E-state index is 13.2. The summed E-state index contributed by atoms with van der Waals surface area (Å²) in [7, 11) is 1.95. The van der Waals surface area contributed by atoms with Crippen LogP contribution >= 0.6 is 11.6 Å². The van der Waals surface area contributed by atoms with Crippen molar-refractivity contribution in [1.82, 2.24) is 4.90 Å². The Labute approximate surface area is 129 Å². The Kier molecular flexibility index (Phi) is 5.22. The summed E-state index contributed by atoms with van der Waals surface area (Å²) in [6, 6.07) is 4.68. The van der Waals surface area contributed by atoms with Crippen molar-refractivity contribution in [3.63, 3.8) is 0 Å². The lowest BCUT2D eigenvalue weighted by Gasteiger charge is -2.44. The van der Waals surface area contributed by atoms with Crippen molar-refractivity contribution >= 4 is 17.6 Å². The fourth-order valence-corrected chi connectivity index (χ4v) is 3.47. The molecule has 0 unspecified atom stereocenters. The van der Waals surface area contributed by atoms with Gasteiger partial charge in [0.05, 0.1) is 11.4 Å². The number of hydrogen-bond acceptors (Lipinski definition) is 2. The van der Waals surface area contributed by atoms with Crippen molar-refractivity contribution in [2.45, 2.75) is 50.6 Å². The zero-order valence-electron chi connectivity index (χ0n) is 12.2. The summed E-state index contributed by atoms with van der Waals surface area (Å²) < 4.78 is 13.2. The van der Waals surface area contributed by atoms with Gasteiger partial charge in [-0.2, -0.15) is 0 Å². The van der Waals surface area contributed by atoms with Crippen LogP contribution in [0.5, 0.6) is 0 Å². The molecular weight excluding hydrogens is 293 g/mol. The molecule has 2 rings (SSSR count). The molecule has 0 aliphatic heterocycles. The van der Waals surface area contributed by atoms with Gasteiger partial charge in [0.15, 0.2) is 0 Å². The van der Waals surface area contributed by atoms with Crippen LogP contribution in [0.4, 0.5) is 4.39 Å². The summed E-state index contributed by atoms with van der Waals surface area (Å²) in [6.45, 7) is 0.577. The average molecular weight is 314 g/mol. The van der Waals surface area contributed by atoms with Crippen molar-refractivity contribution in [2.24, 2.45) is 0 Å². The molecule has 116 valence electrons. The lowest BCUT2D eigenvalue weighted by atomic mass is 9.78. The molecule has 1 aliphatic carbocycles. The van der Waals surface area contributed by atoms with E-state index < -0.39 is 11.8 Å². The summed E-state index contributed by atoms with van der Waals surface area (Å²) >= 11 is 5.81.